The lowest BCUT2D eigenvalue weighted by Crippen LogP contribution is -2.64. The Morgan fingerprint density at radius 2 is 1.09 bits per heavy atom. The summed E-state index contributed by atoms with van der Waals surface area (Å²) >= 11 is 0. The zero-order chi connectivity index (χ0) is 46.5. The Bertz CT molecular complexity index is 3450. The third kappa shape index (κ3) is 5.89. The molecule has 1 fully saturated rings. The molecule has 9 aromatic rings. The van der Waals surface area contributed by atoms with Crippen molar-refractivity contribution in [2.75, 3.05) is 9.80 Å². The van der Waals surface area contributed by atoms with Gasteiger partial charge in [-0.2, -0.15) is 0 Å². The lowest BCUT2D eigenvalue weighted by molar-refractivity contribution is 0.195. The number of anilines is 5. The van der Waals surface area contributed by atoms with Crippen LogP contribution in [0.2, 0.25) is 39.3 Å². The summed E-state index contributed by atoms with van der Waals surface area (Å²) in [6.07, 6.45) is 4.87. The molecule has 1 aromatic heterocycles. The lowest BCUT2D eigenvalue weighted by atomic mass is 9.33. The molecule has 1 aliphatic carbocycles. The summed E-state index contributed by atoms with van der Waals surface area (Å²) in [5.41, 5.74) is 21.1. The Morgan fingerprint density at radius 3 is 1.72 bits per heavy atom. The van der Waals surface area contributed by atoms with E-state index in [-0.39, 0.29) is 17.7 Å². The van der Waals surface area contributed by atoms with E-state index in [1.807, 2.05) is 0 Å². The van der Waals surface area contributed by atoms with Crippen LogP contribution in [0.4, 0.5) is 28.4 Å². The summed E-state index contributed by atoms with van der Waals surface area (Å²) in [5, 5.41) is 5.57. The maximum absolute atomic E-state index is 2.89. The number of hydrogen-bond acceptors (Lipinski definition) is 2. The standard InChI is InChI=1S/C62H60BN3Si2/c1-61-34-15-16-35-62(61,2)66-57-40-47(64(45-25-29-48(30-26-45)67(3,4)5)46-27-31-49(32-28-46)68(6,7)8)39-56-58(57)63(53-23-17-22-52(61)60(53)66)54-38-44(42-20-13-10-14-21-42)37-51-50-36-43(41-18-11-9-12-19-41)24-33-55(50)65(56)59(51)54/h9-14,17-33,36-40H,15-16,34-35H2,1-8H3. The van der Waals surface area contributed by atoms with Crippen LogP contribution >= 0.6 is 0 Å². The molecule has 6 heteroatoms. The maximum atomic E-state index is 2.89. The number of fused-ring (bicyclic) bond motifs is 10. The molecule has 3 nitrogen and oxygen atoms in total. The van der Waals surface area contributed by atoms with Crippen molar-refractivity contribution in [2.24, 2.45) is 0 Å². The van der Waals surface area contributed by atoms with Gasteiger partial charge in [0.05, 0.1) is 32.9 Å². The van der Waals surface area contributed by atoms with Crippen molar-refractivity contribution < 1.29 is 0 Å². The van der Waals surface area contributed by atoms with Crippen LogP contribution in [-0.2, 0) is 5.41 Å². The van der Waals surface area contributed by atoms with Gasteiger partial charge >= 0.3 is 0 Å². The average Bonchev–Trinajstić information content (AvgIpc) is 3.78. The molecule has 1 saturated carbocycles. The number of rotatable bonds is 7. The number of hydrogen-bond donors (Lipinski definition) is 0. The number of nitrogens with zero attached hydrogens (tertiary/aromatic N) is 3. The van der Waals surface area contributed by atoms with Gasteiger partial charge in [-0.05, 0) is 119 Å². The fourth-order valence-corrected chi connectivity index (χ4v) is 15.5. The van der Waals surface area contributed by atoms with Crippen LogP contribution in [0.15, 0.2) is 170 Å². The van der Waals surface area contributed by atoms with E-state index in [9.17, 15) is 0 Å². The number of aromatic nitrogens is 1. The normalized spacial score (nSPS) is 19.0. The first-order valence-corrected chi connectivity index (χ1v) is 32.1. The van der Waals surface area contributed by atoms with Crippen molar-refractivity contribution in [3.8, 4) is 27.9 Å². The Hall–Kier alpha value is -6.34. The highest BCUT2D eigenvalue weighted by molar-refractivity contribution is 7.00. The lowest BCUT2D eigenvalue weighted by Gasteiger charge is -2.52. The molecule has 0 spiro atoms. The van der Waals surface area contributed by atoms with Gasteiger partial charge < -0.3 is 14.4 Å². The highest BCUT2D eigenvalue weighted by Gasteiger charge is 2.61. The Morgan fingerprint density at radius 1 is 0.500 bits per heavy atom. The van der Waals surface area contributed by atoms with E-state index in [2.05, 4.69) is 237 Å². The first-order valence-electron chi connectivity index (χ1n) is 25.1. The molecular formula is C62H60BN3Si2. The van der Waals surface area contributed by atoms with E-state index in [0.717, 1.165) is 6.42 Å². The molecule has 8 aromatic carbocycles. The Labute approximate surface area is 405 Å². The summed E-state index contributed by atoms with van der Waals surface area (Å²) < 4.78 is 2.68. The highest BCUT2D eigenvalue weighted by Crippen LogP contribution is 2.62. The molecule has 3 aliphatic heterocycles. The van der Waals surface area contributed by atoms with E-state index >= 15 is 0 Å². The molecular weight excluding hydrogens is 854 g/mol. The predicted octanol–water partition coefficient (Wildman–Crippen LogP) is 13.6. The molecule has 68 heavy (non-hydrogen) atoms. The van der Waals surface area contributed by atoms with Gasteiger partial charge in [0.15, 0.2) is 0 Å². The predicted molar refractivity (Wildman–Crippen MR) is 300 cm³/mol. The van der Waals surface area contributed by atoms with Crippen molar-refractivity contribution in [3.05, 3.63) is 175 Å². The second kappa shape index (κ2) is 14.6. The molecule has 0 saturated heterocycles. The largest absolute Gasteiger partial charge is 0.335 e. The maximum Gasteiger partial charge on any atom is 0.252 e. The summed E-state index contributed by atoms with van der Waals surface area (Å²) in [6, 6.07) is 66.0. The van der Waals surface area contributed by atoms with Crippen molar-refractivity contribution in [2.45, 2.75) is 89.8 Å². The van der Waals surface area contributed by atoms with Crippen molar-refractivity contribution >= 4 is 99.9 Å². The molecule has 2 atom stereocenters. The molecule has 4 aliphatic rings. The van der Waals surface area contributed by atoms with E-state index in [4.69, 9.17) is 0 Å². The van der Waals surface area contributed by atoms with Gasteiger partial charge in [-0.15, -0.1) is 0 Å². The van der Waals surface area contributed by atoms with E-state index in [1.54, 1.807) is 0 Å². The zero-order valence-corrected chi connectivity index (χ0v) is 42.9. The fraction of sp³-hybridized carbons (Fsp3) is 0.226. The van der Waals surface area contributed by atoms with E-state index < -0.39 is 16.1 Å². The summed E-state index contributed by atoms with van der Waals surface area (Å²) in [5.74, 6) is 0. The molecule has 0 radical (unpaired) electrons. The second-order valence-corrected chi connectivity index (χ2v) is 33.1. The minimum atomic E-state index is -1.54. The van der Waals surface area contributed by atoms with Gasteiger partial charge in [-0.3, -0.25) is 0 Å². The summed E-state index contributed by atoms with van der Waals surface area (Å²) in [4.78, 5) is 5.46. The third-order valence-electron chi connectivity index (χ3n) is 17.0. The Balaban J connectivity index is 1.16. The van der Waals surface area contributed by atoms with E-state index in [1.165, 1.54) is 130 Å². The molecule has 0 N–H and O–H groups in total. The van der Waals surface area contributed by atoms with Gasteiger partial charge in [-0.1, -0.05) is 185 Å². The molecule has 0 amide bonds. The number of para-hydroxylation sites is 1. The summed E-state index contributed by atoms with van der Waals surface area (Å²) in [7, 11) is -3.08. The molecule has 2 unspecified atom stereocenters. The molecule has 13 rings (SSSR count). The fourth-order valence-electron chi connectivity index (χ4n) is 13.2. The molecule has 0 bridgehead atoms. The second-order valence-electron chi connectivity index (χ2n) is 22.9. The van der Waals surface area contributed by atoms with Gasteiger partial charge in [0.2, 0.25) is 0 Å². The first-order chi connectivity index (χ1) is 32.7. The molecule has 334 valence electrons. The quantitative estimate of drug-likeness (QED) is 0.148. The highest BCUT2D eigenvalue weighted by atomic mass is 28.3. The Kier molecular flexibility index (Phi) is 8.97. The monoisotopic (exact) mass is 913 g/mol. The van der Waals surface area contributed by atoms with Gasteiger partial charge in [-0.25, -0.2) is 0 Å². The van der Waals surface area contributed by atoms with Crippen LogP contribution in [0.1, 0.15) is 45.1 Å². The van der Waals surface area contributed by atoms with Gasteiger partial charge in [0.25, 0.3) is 6.71 Å². The topological polar surface area (TPSA) is 11.4 Å². The van der Waals surface area contributed by atoms with Crippen molar-refractivity contribution in [1.82, 2.24) is 4.57 Å². The van der Waals surface area contributed by atoms with Crippen LogP contribution in [-0.4, -0.2) is 33.0 Å². The average molecular weight is 914 g/mol. The number of benzene rings is 8. The van der Waals surface area contributed by atoms with Crippen LogP contribution in [0.25, 0.3) is 49.7 Å². The third-order valence-corrected chi connectivity index (χ3v) is 21.1. The summed E-state index contributed by atoms with van der Waals surface area (Å²) in [6.45, 7) is 20.0. The first kappa shape index (κ1) is 41.8. The zero-order valence-electron chi connectivity index (χ0n) is 40.9. The SMILES string of the molecule is CC12CCCCC1(C)N1c3cc(N(c4ccc([Si](C)(C)C)cc4)c4ccc([Si](C)(C)C)cc4)cc4c3B(c3cccc2c31)c1cc(-c2ccccc2)cc2c3cc(-c5ccccc5)ccc3n-4c12. The van der Waals surface area contributed by atoms with Gasteiger partial charge in [0.1, 0.15) is 0 Å². The van der Waals surface area contributed by atoms with Gasteiger partial charge in [0, 0.05) is 50.1 Å². The van der Waals surface area contributed by atoms with E-state index in [0.29, 0.717) is 0 Å². The van der Waals surface area contributed by atoms with Crippen molar-refractivity contribution in [3.63, 3.8) is 0 Å². The van der Waals surface area contributed by atoms with Crippen LogP contribution in [0.3, 0.4) is 0 Å². The van der Waals surface area contributed by atoms with Crippen LogP contribution < -0.4 is 36.6 Å². The smallest absolute Gasteiger partial charge is 0.252 e. The van der Waals surface area contributed by atoms with Crippen LogP contribution in [0.5, 0.6) is 0 Å². The van der Waals surface area contributed by atoms with Crippen LogP contribution in [0, 0.1) is 0 Å². The minimum absolute atomic E-state index is 0.0169. The van der Waals surface area contributed by atoms with Crippen molar-refractivity contribution in [1.29, 1.82) is 0 Å². The molecule has 4 heterocycles. The minimum Gasteiger partial charge on any atom is -0.335 e.